The molecule has 0 unspecified atom stereocenters. The Labute approximate surface area is 161 Å². The van der Waals surface area contributed by atoms with Crippen LogP contribution in [0.15, 0.2) is 70.8 Å². The van der Waals surface area contributed by atoms with Crippen molar-refractivity contribution in [1.29, 1.82) is 0 Å². The molecule has 2 rings (SSSR count). The van der Waals surface area contributed by atoms with Crippen LogP contribution in [0.5, 0.6) is 0 Å². The first-order chi connectivity index (χ1) is 13.2. The molecule has 2 aromatic carbocycles. The third-order valence-corrected chi connectivity index (χ3v) is 5.11. The van der Waals surface area contributed by atoms with Gasteiger partial charge in [0.2, 0.25) is 0 Å². The predicted octanol–water partition coefficient (Wildman–Crippen LogP) is 2.61. The summed E-state index contributed by atoms with van der Waals surface area (Å²) in [4.78, 5) is 21.5. The molecular formula is C18H17N3O6S. The fourth-order valence-electron chi connectivity index (χ4n) is 2.00. The first-order valence-electron chi connectivity index (χ1n) is 7.90. The van der Waals surface area contributed by atoms with Crippen molar-refractivity contribution in [1.82, 2.24) is 4.41 Å². The number of non-ortho nitro benzene ring substituents is 1. The highest BCUT2D eigenvalue weighted by Crippen LogP contribution is 2.18. The second-order valence-electron chi connectivity index (χ2n) is 5.52. The SMILES string of the molecule is COC(=O)/C=C\N(/N=C/c1ccc([N+](=O)[O-])cc1)S(=O)(=O)c1ccc(C)cc1. The molecule has 0 aliphatic carbocycles. The molecule has 28 heavy (non-hydrogen) atoms. The molecular weight excluding hydrogens is 386 g/mol. The largest absolute Gasteiger partial charge is 0.466 e. The number of ether oxygens (including phenoxy) is 1. The number of carbonyl (C=O) groups is 1. The molecule has 0 atom stereocenters. The number of benzene rings is 2. The average molecular weight is 403 g/mol. The molecule has 0 saturated heterocycles. The standard InChI is InChI=1S/C18H17N3O6S/c1-14-3-9-17(10-4-14)28(25,26)20(12-11-18(22)27-2)19-13-15-5-7-16(8-6-15)21(23)24/h3-13H,1-2H3/b12-11-,19-13+. The van der Waals surface area contributed by atoms with Gasteiger partial charge in [-0.2, -0.15) is 17.9 Å². The summed E-state index contributed by atoms with van der Waals surface area (Å²) in [6.45, 7) is 1.82. The Balaban J connectivity index is 2.38. The van der Waals surface area contributed by atoms with E-state index in [-0.39, 0.29) is 10.6 Å². The van der Waals surface area contributed by atoms with E-state index in [4.69, 9.17) is 0 Å². The van der Waals surface area contributed by atoms with Gasteiger partial charge in [-0.3, -0.25) is 10.1 Å². The third-order valence-electron chi connectivity index (χ3n) is 3.53. The number of aryl methyl sites for hydroxylation is 1. The Morgan fingerprint density at radius 2 is 1.75 bits per heavy atom. The lowest BCUT2D eigenvalue weighted by Gasteiger charge is -2.15. The number of hydrazone groups is 1. The van der Waals surface area contributed by atoms with E-state index in [1.165, 1.54) is 42.6 Å². The zero-order valence-electron chi connectivity index (χ0n) is 15.1. The van der Waals surface area contributed by atoms with E-state index in [9.17, 15) is 23.3 Å². The zero-order valence-corrected chi connectivity index (χ0v) is 15.9. The van der Waals surface area contributed by atoms with Crippen LogP contribution in [0.1, 0.15) is 11.1 Å². The minimum absolute atomic E-state index is 0.0199. The van der Waals surface area contributed by atoms with Crippen molar-refractivity contribution >= 4 is 27.9 Å². The van der Waals surface area contributed by atoms with Crippen LogP contribution in [0.4, 0.5) is 5.69 Å². The monoisotopic (exact) mass is 403 g/mol. The van der Waals surface area contributed by atoms with Crippen molar-refractivity contribution in [2.45, 2.75) is 11.8 Å². The van der Waals surface area contributed by atoms with Crippen LogP contribution in [0, 0.1) is 17.0 Å². The molecule has 0 fully saturated rings. The van der Waals surface area contributed by atoms with Gasteiger partial charge in [-0.25, -0.2) is 4.79 Å². The minimum Gasteiger partial charge on any atom is -0.466 e. The fourth-order valence-corrected chi connectivity index (χ4v) is 3.09. The van der Waals surface area contributed by atoms with Gasteiger partial charge in [-0.1, -0.05) is 17.7 Å². The molecule has 0 aromatic heterocycles. The summed E-state index contributed by atoms with van der Waals surface area (Å²) in [5.74, 6) is -0.755. The smallest absolute Gasteiger partial charge is 0.332 e. The maximum absolute atomic E-state index is 12.8. The third kappa shape index (κ3) is 5.24. The number of rotatable bonds is 7. The Kier molecular flexibility index (Phi) is 6.61. The van der Waals surface area contributed by atoms with E-state index in [1.54, 1.807) is 12.1 Å². The van der Waals surface area contributed by atoms with Crippen LogP contribution >= 0.6 is 0 Å². The topological polar surface area (TPSA) is 119 Å². The van der Waals surface area contributed by atoms with Crippen molar-refractivity contribution in [2.24, 2.45) is 5.10 Å². The summed E-state index contributed by atoms with van der Waals surface area (Å²) >= 11 is 0. The normalized spacial score (nSPS) is 11.6. The van der Waals surface area contributed by atoms with E-state index in [0.29, 0.717) is 9.98 Å². The Bertz CT molecular complexity index is 1010. The number of sulfonamides is 1. The molecule has 9 nitrogen and oxygen atoms in total. The summed E-state index contributed by atoms with van der Waals surface area (Å²) in [6, 6.07) is 11.5. The van der Waals surface area contributed by atoms with Gasteiger partial charge in [-0.15, -0.1) is 0 Å². The highest BCUT2D eigenvalue weighted by atomic mass is 32.2. The van der Waals surface area contributed by atoms with Gasteiger partial charge in [0.25, 0.3) is 15.7 Å². The molecule has 0 radical (unpaired) electrons. The molecule has 10 heteroatoms. The highest BCUT2D eigenvalue weighted by molar-refractivity contribution is 7.89. The minimum atomic E-state index is -4.08. The second kappa shape index (κ2) is 8.91. The van der Waals surface area contributed by atoms with Gasteiger partial charge in [0, 0.05) is 24.4 Å². The van der Waals surface area contributed by atoms with Crippen LogP contribution < -0.4 is 0 Å². The average Bonchev–Trinajstić information content (AvgIpc) is 2.68. The Morgan fingerprint density at radius 3 is 2.29 bits per heavy atom. The lowest BCUT2D eigenvalue weighted by molar-refractivity contribution is -0.384. The molecule has 146 valence electrons. The van der Waals surface area contributed by atoms with Crippen molar-refractivity contribution in [3.05, 3.63) is 82.0 Å². The highest BCUT2D eigenvalue weighted by Gasteiger charge is 2.21. The molecule has 0 aliphatic rings. The van der Waals surface area contributed by atoms with E-state index in [0.717, 1.165) is 24.9 Å². The number of nitrogens with zero attached hydrogens (tertiary/aromatic N) is 3. The van der Waals surface area contributed by atoms with Crippen LogP contribution in [-0.4, -0.2) is 37.0 Å². The van der Waals surface area contributed by atoms with E-state index in [2.05, 4.69) is 9.84 Å². The number of nitro benzene ring substituents is 1. The molecule has 2 aromatic rings. The van der Waals surface area contributed by atoms with Gasteiger partial charge in [0.05, 0.1) is 23.1 Å². The second-order valence-corrected chi connectivity index (χ2v) is 7.32. The summed E-state index contributed by atoms with van der Waals surface area (Å²) in [5.41, 5.74) is 1.21. The molecule has 0 heterocycles. The fraction of sp³-hybridized carbons (Fsp3) is 0.111. The summed E-state index contributed by atoms with van der Waals surface area (Å²) in [5, 5.41) is 14.6. The molecule has 0 aliphatic heterocycles. The zero-order chi connectivity index (χ0) is 20.7. The van der Waals surface area contributed by atoms with Gasteiger partial charge in [-0.05, 0) is 36.8 Å². The molecule has 0 amide bonds. The van der Waals surface area contributed by atoms with Crippen LogP contribution in [0.25, 0.3) is 0 Å². The summed E-state index contributed by atoms with van der Waals surface area (Å²) in [7, 11) is -2.92. The predicted molar refractivity (Wildman–Crippen MR) is 102 cm³/mol. The molecule has 0 N–H and O–H groups in total. The van der Waals surface area contributed by atoms with Crippen LogP contribution in [-0.2, 0) is 19.6 Å². The van der Waals surface area contributed by atoms with E-state index < -0.39 is 20.9 Å². The van der Waals surface area contributed by atoms with Crippen LogP contribution in [0.2, 0.25) is 0 Å². The maximum atomic E-state index is 12.8. The van der Waals surface area contributed by atoms with Crippen molar-refractivity contribution in [3.8, 4) is 0 Å². The van der Waals surface area contributed by atoms with Crippen molar-refractivity contribution in [2.75, 3.05) is 7.11 Å². The lowest BCUT2D eigenvalue weighted by Crippen LogP contribution is -2.21. The van der Waals surface area contributed by atoms with Crippen molar-refractivity contribution < 1.29 is 22.9 Å². The first kappa shape index (κ1) is 20.8. The first-order valence-corrected chi connectivity index (χ1v) is 9.34. The summed E-state index contributed by atoms with van der Waals surface area (Å²) < 4.78 is 30.7. The van der Waals surface area contributed by atoms with Crippen molar-refractivity contribution in [3.63, 3.8) is 0 Å². The number of hydrogen-bond donors (Lipinski definition) is 0. The van der Waals surface area contributed by atoms with E-state index >= 15 is 0 Å². The van der Waals surface area contributed by atoms with Gasteiger partial charge in [0.15, 0.2) is 0 Å². The summed E-state index contributed by atoms with van der Waals surface area (Å²) in [6.07, 6.45) is 3.08. The van der Waals surface area contributed by atoms with Gasteiger partial charge in [0.1, 0.15) is 0 Å². The van der Waals surface area contributed by atoms with Crippen LogP contribution in [0.3, 0.4) is 0 Å². The number of hydrogen-bond acceptors (Lipinski definition) is 7. The Morgan fingerprint density at radius 1 is 1.14 bits per heavy atom. The van der Waals surface area contributed by atoms with Gasteiger partial charge < -0.3 is 4.74 Å². The quantitative estimate of drug-likeness (QED) is 0.230. The Hall–Kier alpha value is -3.53. The lowest BCUT2D eigenvalue weighted by atomic mass is 10.2. The molecule has 0 spiro atoms. The number of nitro groups is 1. The van der Waals surface area contributed by atoms with E-state index in [1.807, 2.05) is 6.92 Å². The van der Waals surface area contributed by atoms with Gasteiger partial charge >= 0.3 is 5.97 Å². The number of carbonyl (C=O) groups excluding carboxylic acids is 1. The maximum Gasteiger partial charge on any atom is 0.332 e. The molecule has 0 saturated carbocycles. The molecule has 0 bridgehead atoms. The number of methoxy groups -OCH3 is 1. The number of esters is 1.